The van der Waals surface area contributed by atoms with Gasteiger partial charge in [-0.15, -0.1) is 0 Å². The van der Waals surface area contributed by atoms with Crippen LogP contribution in [0.15, 0.2) is 0 Å². The molecule has 0 aromatic heterocycles. The molecule has 0 aliphatic rings. The van der Waals surface area contributed by atoms with Crippen LogP contribution >= 0.6 is 0 Å². The minimum absolute atomic E-state index is 0.0692. The highest BCUT2D eigenvalue weighted by atomic mass is 16.2. The largest absolute Gasteiger partial charge is 0.336 e. The van der Waals surface area contributed by atoms with Crippen LogP contribution in [0.1, 0.15) is 53.4 Å². The molecule has 94 valence electrons. The van der Waals surface area contributed by atoms with E-state index in [9.17, 15) is 9.59 Å². The molecule has 0 rings (SSSR count). The second kappa shape index (κ2) is 8.31. The van der Waals surface area contributed by atoms with Gasteiger partial charge in [0.15, 0.2) is 5.78 Å². The number of hydrogen-bond donors (Lipinski definition) is 0. The molecule has 0 unspecified atom stereocenters. The number of Topliss-reactive ketones (excluding diaryl/α,β-unsaturated/α-hetero) is 1. The average molecular weight is 227 g/mol. The van der Waals surface area contributed by atoms with Crippen LogP contribution in [0.3, 0.4) is 0 Å². The first kappa shape index (κ1) is 15.1. The quantitative estimate of drug-likeness (QED) is 0.639. The van der Waals surface area contributed by atoms with E-state index in [0.29, 0.717) is 31.8 Å². The van der Waals surface area contributed by atoms with Crippen molar-refractivity contribution < 1.29 is 9.59 Å². The molecule has 0 fully saturated rings. The van der Waals surface area contributed by atoms with E-state index in [1.165, 1.54) is 0 Å². The van der Waals surface area contributed by atoms with Crippen LogP contribution < -0.4 is 0 Å². The average Bonchev–Trinajstić information content (AvgIpc) is 2.24. The Labute approximate surface area is 99.2 Å². The van der Waals surface area contributed by atoms with Crippen LogP contribution in [0, 0.1) is 5.92 Å². The summed E-state index contributed by atoms with van der Waals surface area (Å²) in [7, 11) is 0. The van der Waals surface area contributed by atoms with Gasteiger partial charge in [0.25, 0.3) is 0 Å². The molecule has 0 saturated heterocycles. The summed E-state index contributed by atoms with van der Waals surface area (Å²) in [5.41, 5.74) is 0. The molecule has 0 bridgehead atoms. The Balaban J connectivity index is 3.88. The van der Waals surface area contributed by atoms with Crippen molar-refractivity contribution in [2.24, 2.45) is 5.92 Å². The lowest BCUT2D eigenvalue weighted by atomic mass is 10.0. The second-order valence-corrected chi connectivity index (χ2v) is 4.59. The van der Waals surface area contributed by atoms with Crippen molar-refractivity contribution in [3.8, 4) is 0 Å². The molecule has 1 amide bonds. The van der Waals surface area contributed by atoms with E-state index in [0.717, 1.165) is 12.8 Å². The van der Waals surface area contributed by atoms with Gasteiger partial charge in [0.2, 0.25) is 5.91 Å². The summed E-state index contributed by atoms with van der Waals surface area (Å²) in [6.07, 6.45) is 3.10. The summed E-state index contributed by atoms with van der Waals surface area (Å²) in [5, 5.41) is 0. The van der Waals surface area contributed by atoms with Crippen molar-refractivity contribution in [1.29, 1.82) is 0 Å². The van der Waals surface area contributed by atoms with Gasteiger partial charge in [-0.05, 0) is 19.3 Å². The molecule has 0 radical (unpaired) electrons. The van der Waals surface area contributed by atoms with Gasteiger partial charge in [-0.25, -0.2) is 0 Å². The highest BCUT2D eigenvalue weighted by molar-refractivity contribution is 5.85. The standard InChI is InChI=1S/C13H25NO2/c1-5-13(16)14(6-2)10-12(15)9-7-8-11(3)4/h11H,5-10H2,1-4H3. The molecule has 0 aromatic carbocycles. The monoisotopic (exact) mass is 227 g/mol. The molecule has 0 aromatic rings. The topological polar surface area (TPSA) is 37.4 Å². The summed E-state index contributed by atoms with van der Waals surface area (Å²) in [4.78, 5) is 24.7. The van der Waals surface area contributed by atoms with Crippen LogP contribution in [0.4, 0.5) is 0 Å². The predicted octanol–water partition coefficient (Wildman–Crippen LogP) is 2.64. The summed E-state index contributed by atoms with van der Waals surface area (Å²) >= 11 is 0. The first-order valence-corrected chi connectivity index (χ1v) is 6.30. The van der Waals surface area contributed by atoms with E-state index in [1.807, 2.05) is 13.8 Å². The Morgan fingerprint density at radius 1 is 1.19 bits per heavy atom. The van der Waals surface area contributed by atoms with Gasteiger partial charge >= 0.3 is 0 Å². The van der Waals surface area contributed by atoms with Crippen molar-refractivity contribution in [2.45, 2.75) is 53.4 Å². The lowest BCUT2D eigenvalue weighted by Crippen LogP contribution is -2.34. The van der Waals surface area contributed by atoms with E-state index < -0.39 is 0 Å². The molecule has 0 spiro atoms. The van der Waals surface area contributed by atoms with Gasteiger partial charge in [0.1, 0.15) is 0 Å². The highest BCUT2D eigenvalue weighted by Gasteiger charge is 2.13. The molecule has 0 N–H and O–H groups in total. The minimum Gasteiger partial charge on any atom is -0.336 e. The van der Waals surface area contributed by atoms with E-state index in [-0.39, 0.29) is 11.7 Å². The van der Waals surface area contributed by atoms with E-state index in [2.05, 4.69) is 13.8 Å². The smallest absolute Gasteiger partial charge is 0.222 e. The summed E-state index contributed by atoms with van der Waals surface area (Å²) in [6, 6.07) is 0. The van der Waals surface area contributed by atoms with Gasteiger partial charge in [-0.3, -0.25) is 9.59 Å². The third-order valence-corrected chi connectivity index (χ3v) is 2.64. The van der Waals surface area contributed by atoms with Gasteiger partial charge in [0.05, 0.1) is 6.54 Å². The molecular weight excluding hydrogens is 202 g/mol. The number of nitrogens with zero attached hydrogens (tertiary/aromatic N) is 1. The fraction of sp³-hybridized carbons (Fsp3) is 0.846. The molecular formula is C13H25NO2. The molecule has 0 heterocycles. The number of amides is 1. The number of carbonyl (C=O) groups is 2. The fourth-order valence-electron chi connectivity index (χ4n) is 1.60. The minimum atomic E-state index is 0.0692. The van der Waals surface area contributed by atoms with Crippen molar-refractivity contribution >= 4 is 11.7 Å². The zero-order valence-corrected chi connectivity index (χ0v) is 11.1. The molecule has 3 heteroatoms. The van der Waals surface area contributed by atoms with E-state index in [1.54, 1.807) is 4.90 Å². The number of likely N-dealkylation sites (N-methyl/N-ethyl adjacent to an activating group) is 1. The third kappa shape index (κ3) is 6.59. The van der Waals surface area contributed by atoms with Crippen molar-refractivity contribution in [1.82, 2.24) is 4.90 Å². The van der Waals surface area contributed by atoms with Crippen molar-refractivity contribution in [2.75, 3.05) is 13.1 Å². The van der Waals surface area contributed by atoms with Crippen LogP contribution in [-0.4, -0.2) is 29.7 Å². The van der Waals surface area contributed by atoms with Crippen LogP contribution in [-0.2, 0) is 9.59 Å². The summed E-state index contributed by atoms with van der Waals surface area (Å²) in [5.74, 6) is 0.899. The summed E-state index contributed by atoms with van der Waals surface area (Å²) < 4.78 is 0. The second-order valence-electron chi connectivity index (χ2n) is 4.59. The van der Waals surface area contributed by atoms with Crippen molar-refractivity contribution in [3.63, 3.8) is 0 Å². The first-order valence-electron chi connectivity index (χ1n) is 6.30. The Hall–Kier alpha value is -0.860. The van der Waals surface area contributed by atoms with Crippen LogP contribution in [0.2, 0.25) is 0 Å². The van der Waals surface area contributed by atoms with Gasteiger partial charge < -0.3 is 4.90 Å². The third-order valence-electron chi connectivity index (χ3n) is 2.64. The number of carbonyl (C=O) groups excluding carboxylic acids is 2. The zero-order chi connectivity index (χ0) is 12.6. The van der Waals surface area contributed by atoms with Gasteiger partial charge in [-0.2, -0.15) is 0 Å². The molecule has 0 aliphatic carbocycles. The van der Waals surface area contributed by atoms with Crippen LogP contribution in [0.25, 0.3) is 0 Å². The zero-order valence-electron chi connectivity index (χ0n) is 11.1. The SMILES string of the molecule is CCC(=O)N(CC)CC(=O)CCCC(C)C. The molecule has 3 nitrogen and oxygen atoms in total. The predicted molar refractivity (Wildman–Crippen MR) is 66.2 cm³/mol. The Morgan fingerprint density at radius 3 is 2.25 bits per heavy atom. The Kier molecular flexibility index (Phi) is 7.86. The maximum absolute atomic E-state index is 11.6. The summed E-state index contributed by atoms with van der Waals surface area (Å²) in [6.45, 7) is 8.97. The van der Waals surface area contributed by atoms with Gasteiger partial charge in [0, 0.05) is 19.4 Å². The van der Waals surface area contributed by atoms with Crippen molar-refractivity contribution in [3.05, 3.63) is 0 Å². The highest BCUT2D eigenvalue weighted by Crippen LogP contribution is 2.07. The number of rotatable bonds is 8. The molecule has 0 atom stereocenters. The molecule has 16 heavy (non-hydrogen) atoms. The maximum Gasteiger partial charge on any atom is 0.222 e. The lowest BCUT2D eigenvalue weighted by molar-refractivity contribution is -0.135. The Morgan fingerprint density at radius 2 is 1.81 bits per heavy atom. The molecule has 0 saturated carbocycles. The number of hydrogen-bond acceptors (Lipinski definition) is 2. The lowest BCUT2D eigenvalue weighted by Gasteiger charge is -2.19. The fourth-order valence-corrected chi connectivity index (χ4v) is 1.60. The van der Waals surface area contributed by atoms with Gasteiger partial charge in [-0.1, -0.05) is 27.2 Å². The van der Waals surface area contributed by atoms with E-state index >= 15 is 0 Å². The molecule has 0 aliphatic heterocycles. The maximum atomic E-state index is 11.6. The Bertz CT molecular complexity index is 224. The number of ketones is 1. The first-order chi connectivity index (χ1) is 7.51. The normalized spacial score (nSPS) is 10.6. The van der Waals surface area contributed by atoms with E-state index in [4.69, 9.17) is 0 Å². The van der Waals surface area contributed by atoms with Crippen LogP contribution in [0.5, 0.6) is 0 Å².